The van der Waals surface area contributed by atoms with Gasteiger partial charge < -0.3 is 22.2 Å². The number of nitrogens with one attached hydrogen (secondary N) is 1. The molecule has 2 aromatic rings. The van der Waals surface area contributed by atoms with Crippen LogP contribution in [0.2, 0.25) is 0 Å². The van der Waals surface area contributed by atoms with Gasteiger partial charge in [0.15, 0.2) is 0 Å². The minimum Gasteiger partial charge on any atom is -0.491 e. The maximum absolute atomic E-state index is 11.6. The van der Waals surface area contributed by atoms with E-state index in [4.69, 9.17) is 17.3 Å². The highest BCUT2D eigenvalue weighted by molar-refractivity contribution is 14.1. The van der Waals surface area contributed by atoms with Gasteiger partial charge in [-0.3, -0.25) is 14.4 Å². The summed E-state index contributed by atoms with van der Waals surface area (Å²) in [7, 11) is 1.02. The van der Waals surface area contributed by atoms with Gasteiger partial charge in [-0.25, -0.2) is 0 Å². The van der Waals surface area contributed by atoms with Crippen molar-refractivity contribution in [3.8, 4) is 5.75 Å². The molecule has 0 aliphatic carbocycles. The van der Waals surface area contributed by atoms with Gasteiger partial charge >= 0.3 is 0 Å². The molecule has 0 saturated heterocycles. The van der Waals surface area contributed by atoms with Crippen LogP contribution in [0.25, 0.3) is 0 Å². The monoisotopic (exact) mass is 704 g/mol. The number of ether oxygens (including phenoxy) is 3. The van der Waals surface area contributed by atoms with E-state index in [2.05, 4.69) is 42.3 Å². The molecule has 1 heterocycles. The molecule has 3 N–H and O–H groups in total. The van der Waals surface area contributed by atoms with Crippen LogP contribution in [0.3, 0.4) is 0 Å². The number of rotatable bonds is 18. The highest BCUT2D eigenvalue weighted by atomic mass is 127. The van der Waals surface area contributed by atoms with Crippen LogP contribution < -0.4 is 15.0 Å². The smallest absolute Gasteiger partial charge is 0.119 e. The zero-order chi connectivity index (χ0) is 29.7. The molecule has 2 aromatic carbocycles. The van der Waals surface area contributed by atoms with Crippen molar-refractivity contribution in [3.05, 3.63) is 53.6 Å². The summed E-state index contributed by atoms with van der Waals surface area (Å²) in [5.74, 6) is 1.11. The second-order valence-corrected chi connectivity index (χ2v) is 13.6. The molecule has 0 amide bonds. The number of benzene rings is 2. The van der Waals surface area contributed by atoms with Crippen LogP contribution in [0.15, 0.2) is 47.4 Å². The zero-order valence-electron chi connectivity index (χ0n) is 25.1. The maximum Gasteiger partial charge on any atom is 0.119 e. The summed E-state index contributed by atoms with van der Waals surface area (Å²) in [5.41, 5.74) is 2.67. The average Bonchev–Trinajstić information content (AvgIpc) is 3.06. The fourth-order valence-corrected chi connectivity index (χ4v) is 7.64. The molecular formula is C31H49IN2O6S. The third-order valence-corrected chi connectivity index (χ3v) is 9.98. The third-order valence-electron chi connectivity index (χ3n) is 7.51. The highest BCUT2D eigenvalue weighted by Gasteiger charge is 2.42. The van der Waals surface area contributed by atoms with Crippen molar-refractivity contribution in [1.29, 1.82) is 0 Å². The number of hydrogen-bond acceptors (Lipinski definition) is 8. The molecule has 1 unspecified atom stereocenters. The van der Waals surface area contributed by atoms with Gasteiger partial charge in [0.2, 0.25) is 0 Å². The summed E-state index contributed by atoms with van der Waals surface area (Å²) < 4.78 is 45.1. The number of nitrogens with zero attached hydrogens (tertiary/aromatic N) is 1. The molecule has 0 saturated carbocycles. The summed E-state index contributed by atoms with van der Waals surface area (Å²) in [6.45, 7) is 7.49. The van der Waals surface area contributed by atoms with Gasteiger partial charge in [0.25, 0.3) is 0 Å². The molecule has 232 valence electrons. The minimum absolute atomic E-state index is 0.178. The molecule has 1 aliphatic rings. The largest absolute Gasteiger partial charge is 0.491 e. The summed E-state index contributed by atoms with van der Waals surface area (Å²) in [5, 5.41) is 4.00. The van der Waals surface area contributed by atoms with Crippen LogP contribution >= 0.6 is 33.6 Å². The lowest BCUT2D eigenvalue weighted by atomic mass is 9.86. The SMILES string of the molecule is CCCCC1(CCCC)CS(O)(O)c2ccc(N(C)C)cc2C(c2ccc(OCCOCCOCCOI)cc2)N1. The van der Waals surface area contributed by atoms with Crippen LogP contribution in [-0.2, 0) is 12.5 Å². The summed E-state index contributed by atoms with van der Waals surface area (Å²) in [6, 6.07) is 14.0. The topological polar surface area (TPSA) is 92.7 Å². The van der Waals surface area contributed by atoms with E-state index in [1.54, 1.807) is 0 Å². The summed E-state index contributed by atoms with van der Waals surface area (Å²) >= 11 is 1.85. The predicted octanol–water partition coefficient (Wildman–Crippen LogP) is 7.45. The van der Waals surface area contributed by atoms with Crippen molar-refractivity contribution >= 4 is 39.3 Å². The molecule has 1 atom stereocenters. The highest BCUT2D eigenvalue weighted by Crippen LogP contribution is 2.57. The molecule has 1 aliphatic heterocycles. The lowest BCUT2D eigenvalue weighted by Crippen LogP contribution is -2.50. The maximum atomic E-state index is 11.6. The average molecular weight is 705 g/mol. The first-order chi connectivity index (χ1) is 19.7. The Morgan fingerprint density at radius 3 is 2.10 bits per heavy atom. The van der Waals surface area contributed by atoms with E-state index >= 15 is 0 Å². The van der Waals surface area contributed by atoms with E-state index in [1.165, 1.54) is 0 Å². The van der Waals surface area contributed by atoms with Crippen LogP contribution in [0.4, 0.5) is 5.69 Å². The van der Waals surface area contributed by atoms with Crippen molar-refractivity contribution in [2.45, 2.75) is 68.8 Å². The summed E-state index contributed by atoms with van der Waals surface area (Å²) in [6.07, 6.45) is 6.00. The first kappa shape index (κ1) is 34.4. The molecule has 10 heteroatoms. The second-order valence-electron chi connectivity index (χ2n) is 10.9. The van der Waals surface area contributed by atoms with Gasteiger partial charge in [-0.15, -0.1) is 0 Å². The molecule has 0 bridgehead atoms. The van der Waals surface area contributed by atoms with Crippen LogP contribution in [-0.4, -0.2) is 74.1 Å². The number of fused-ring (bicyclic) bond motifs is 1. The number of unbranched alkanes of at least 4 members (excludes halogenated alkanes) is 2. The van der Waals surface area contributed by atoms with Gasteiger partial charge in [0.1, 0.15) is 35.4 Å². The normalized spacial score (nSPS) is 18.4. The van der Waals surface area contributed by atoms with Crippen molar-refractivity contribution in [2.24, 2.45) is 0 Å². The molecule has 0 spiro atoms. The number of anilines is 1. The Morgan fingerprint density at radius 1 is 0.902 bits per heavy atom. The Labute approximate surface area is 262 Å². The number of halogens is 1. The van der Waals surface area contributed by atoms with E-state index in [0.29, 0.717) is 50.3 Å². The molecular weight excluding hydrogens is 655 g/mol. The van der Waals surface area contributed by atoms with E-state index in [0.717, 1.165) is 61.1 Å². The molecule has 0 aromatic heterocycles. The molecule has 41 heavy (non-hydrogen) atoms. The second kappa shape index (κ2) is 17.2. The lowest BCUT2D eigenvalue weighted by molar-refractivity contribution is 0.0308. The molecule has 0 fully saturated rings. The van der Waals surface area contributed by atoms with Gasteiger partial charge in [-0.05, 0) is 54.3 Å². The van der Waals surface area contributed by atoms with Crippen LogP contribution in [0, 0.1) is 0 Å². The van der Waals surface area contributed by atoms with E-state index < -0.39 is 10.6 Å². The van der Waals surface area contributed by atoms with Crippen LogP contribution in [0.5, 0.6) is 5.75 Å². The fraction of sp³-hybridized carbons (Fsp3) is 0.613. The Kier molecular flexibility index (Phi) is 14.5. The first-order valence-corrected chi connectivity index (χ1v) is 17.3. The Bertz CT molecular complexity index is 1030. The first-order valence-electron chi connectivity index (χ1n) is 14.7. The van der Waals surface area contributed by atoms with Crippen molar-refractivity contribution in [2.75, 3.05) is 64.4 Å². The van der Waals surface area contributed by atoms with Crippen molar-refractivity contribution < 1.29 is 26.4 Å². The van der Waals surface area contributed by atoms with Gasteiger partial charge in [-0.2, -0.15) is 10.6 Å². The summed E-state index contributed by atoms with van der Waals surface area (Å²) in [4.78, 5) is 2.71. The number of hydrogen-bond donors (Lipinski definition) is 3. The quantitative estimate of drug-likeness (QED) is 0.109. The molecule has 8 nitrogen and oxygen atoms in total. The Morgan fingerprint density at radius 2 is 1.51 bits per heavy atom. The van der Waals surface area contributed by atoms with Crippen molar-refractivity contribution in [1.82, 2.24) is 5.32 Å². The van der Waals surface area contributed by atoms with E-state index in [-0.39, 0.29) is 11.6 Å². The van der Waals surface area contributed by atoms with Crippen molar-refractivity contribution in [3.63, 3.8) is 0 Å². The van der Waals surface area contributed by atoms with E-state index in [9.17, 15) is 9.11 Å². The zero-order valence-corrected chi connectivity index (χ0v) is 28.0. The molecule has 3 rings (SSSR count). The van der Waals surface area contributed by atoms with Crippen LogP contribution in [0.1, 0.15) is 69.5 Å². The van der Waals surface area contributed by atoms with Gasteiger partial charge in [0.05, 0.1) is 49.7 Å². The predicted molar refractivity (Wildman–Crippen MR) is 177 cm³/mol. The molecule has 0 radical (unpaired) electrons. The van der Waals surface area contributed by atoms with Gasteiger partial charge in [0, 0.05) is 25.3 Å². The fourth-order valence-electron chi connectivity index (χ4n) is 5.32. The standard InChI is InChI=1S/C31H49IN2O6S/c1-5-7-15-31(16-8-6-2)24-41(35,36)29-14-11-26(34(3)4)23-28(29)30(33-31)25-9-12-27(13-10-25)39-21-19-37-17-18-38-20-22-40-32/h9-14,23,30,33,35-36H,5-8,15-22,24H2,1-4H3. The lowest BCUT2D eigenvalue weighted by Gasteiger charge is -2.42. The minimum atomic E-state index is -3.00. The Balaban J connectivity index is 1.82. The third kappa shape index (κ3) is 10.2. The van der Waals surface area contributed by atoms with E-state index in [1.807, 2.05) is 61.4 Å². The Hall–Kier alpha value is -1.12. The van der Waals surface area contributed by atoms with Gasteiger partial charge in [-0.1, -0.05) is 51.7 Å².